The number of hydrogen-bond donors (Lipinski definition) is 0. The third-order valence-corrected chi connectivity index (χ3v) is 7.80. The first kappa shape index (κ1) is 20.1. The summed E-state index contributed by atoms with van der Waals surface area (Å²) in [4.78, 5) is 0.851. The molecule has 1 unspecified atom stereocenters. The van der Waals surface area contributed by atoms with Crippen molar-refractivity contribution in [3.63, 3.8) is 0 Å². The third kappa shape index (κ3) is 6.62. The molecule has 0 aliphatic rings. The fourth-order valence-corrected chi connectivity index (χ4v) is 5.62. The van der Waals surface area contributed by atoms with Crippen LogP contribution in [0.15, 0.2) is 47.4 Å². The molecule has 2 aromatic carbocycles. The van der Waals surface area contributed by atoms with Crippen molar-refractivity contribution < 1.29 is 9.29 Å². The predicted octanol–water partition coefficient (Wildman–Crippen LogP) is 6.08. The van der Waals surface area contributed by atoms with Gasteiger partial charge in [-0.05, 0) is 53.1 Å². The maximum absolute atomic E-state index is 12.2. The molecule has 2 rings (SSSR count). The van der Waals surface area contributed by atoms with E-state index in [-0.39, 0.29) is 0 Å². The van der Waals surface area contributed by atoms with Gasteiger partial charge in [-0.1, -0.05) is 50.9 Å². The Morgan fingerprint density at radius 3 is 2.46 bits per heavy atom. The second kappa shape index (κ2) is 10.7. The Hall–Kier alpha value is -0.170. The molecular formula is C17H18Cl2O2S3. The van der Waals surface area contributed by atoms with E-state index in [1.165, 1.54) is 0 Å². The Kier molecular flexibility index (Phi) is 9.01. The van der Waals surface area contributed by atoms with E-state index in [4.69, 9.17) is 27.9 Å². The summed E-state index contributed by atoms with van der Waals surface area (Å²) < 4.78 is 17.3. The molecule has 0 amide bonds. The van der Waals surface area contributed by atoms with Crippen LogP contribution in [0, 0.1) is 0 Å². The van der Waals surface area contributed by atoms with Gasteiger partial charge in [-0.25, -0.2) is 0 Å². The number of ether oxygens (including phenoxy) is 1. The molecule has 0 aliphatic carbocycles. The van der Waals surface area contributed by atoms with Crippen molar-refractivity contribution in [1.29, 1.82) is 0 Å². The first-order valence-corrected chi connectivity index (χ1v) is 11.9. The molecule has 0 aromatic heterocycles. The number of hydrogen-bond acceptors (Lipinski definition) is 4. The molecule has 0 heterocycles. The first-order chi connectivity index (χ1) is 11.6. The van der Waals surface area contributed by atoms with Gasteiger partial charge in [0.05, 0.1) is 17.2 Å². The largest absolute Gasteiger partial charge is 0.611 e. The highest BCUT2D eigenvalue weighted by Gasteiger charge is 2.10. The summed E-state index contributed by atoms with van der Waals surface area (Å²) in [6, 6.07) is 13.1. The lowest BCUT2D eigenvalue weighted by atomic mass is 10.2. The van der Waals surface area contributed by atoms with E-state index in [1.807, 2.05) is 42.5 Å². The van der Waals surface area contributed by atoms with Gasteiger partial charge in [0.25, 0.3) is 0 Å². The monoisotopic (exact) mass is 420 g/mol. The minimum absolute atomic E-state index is 0.582. The molecule has 0 N–H and O–H groups in total. The molecule has 0 fully saturated rings. The maximum Gasteiger partial charge on any atom is 0.152 e. The highest BCUT2D eigenvalue weighted by molar-refractivity contribution is 8.76. The van der Waals surface area contributed by atoms with E-state index in [2.05, 4.69) is 0 Å². The summed E-state index contributed by atoms with van der Waals surface area (Å²) in [5.74, 6) is 3.30. The fourth-order valence-electron chi connectivity index (χ4n) is 1.89. The Bertz CT molecular complexity index is 638. The van der Waals surface area contributed by atoms with Gasteiger partial charge in [-0.15, -0.1) is 0 Å². The van der Waals surface area contributed by atoms with Gasteiger partial charge in [0, 0.05) is 17.9 Å². The Morgan fingerprint density at radius 2 is 1.79 bits per heavy atom. The third-order valence-electron chi connectivity index (χ3n) is 3.17. The van der Waals surface area contributed by atoms with Crippen LogP contribution in [0.2, 0.25) is 10.0 Å². The Balaban J connectivity index is 1.62. The standard InChI is InChI=1S/C17H18Cl2O2S3/c1-21-14-4-6-15(7-5-14)24(20)10-2-9-22-23-12-13-3-8-16(18)17(19)11-13/h3-8,11H,2,9-10,12H2,1H3. The Labute approximate surface area is 164 Å². The lowest BCUT2D eigenvalue weighted by Crippen LogP contribution is -2.07. The van der Waals surface area contributed by atoms with Crippen LogP contribution in [0.4, 0.5) is 0 Å². The van der Waals surface area contributed by atoms with Gasteiger partial charge in [0.1, 0.15) is 11.5 Å². The highest BCUT2D eigenvalue weighted by atomic mass is 35.5. The number of rotatable bonds is 9. The minimum Gasteiger partial charge on any atom is -0.611 e. The number of halogens is 2. The van der Waals surface area contributed by atoms with Crippen LogP contribution in [0.25, 0.3) is 0 Å². The number of methoxy groups -OCH3 is 1. The van der Waals surface area contributed by atoms with Crippen LogP contribution in [-0.2, 0) is 16.9 Å². The fraction of sp³-hybridized carbons (Fsp3) is 0.294. The zero-order valence-corrected chi connectivity index (χ0v) is 17.1. The van der Waals surface area contributed by atoms with Gasteiger partial charge in [0.15, 0.2) is 4.90 Å². The van der Waals surface area contributed by atoms with Crippen molar-refractivity contribution >= 4 is 56.0 Å². The van der Waals surface area contributed by atoms with Crippen molar-refractivity contribution in [2.24, 2.45) is 0 Å². The van der Waals surface area contributed by atoms with Gasteiger partial charge < -0.3 is 9.29 Å². The maximum atomic E-state index is 12.2. The SMILES string of the molecule is COc1ccc([S+]([O-])CCCSSCc2ccc(Cl)c(Cl)c2)cc1. The van der Waals surface area contributed by atoms with Crippen molar-refractivity contribution in [1.82, 2.24) is 0 Å². The molecular weight excluding hydrogens is 403 g/mol. The number of benzene rings is 2. The summed E-state index contributed by atoms with van der Waals surface area (Å²) >= 11 is 10.9. The molecule has 1 atom stereocenters. The molecule has 130 valence electrons. The molecule has 0 radical (unpaired) electrons. The molecule has 2 aromatic rings. The average Bonchev–Trinajstić information content (AvgIpc) is 2.60. The second-order valence-corrected chi connectivity index (χ2v) is 9.88. The van der Waals surface area contributed by atoms with Crippen LogP contribution in [0.3, 0.4) is 0 Å². The summed E-state index contributed by atoms with van der Waals surface area (Å²) in [6.45, 7) is 0. The van der Waals surface area contributed by atoms with Crippen molar-refractivity contribution in [3.05, 3.63) is 58.1 Å². The molecule has 0 saturated carbocycles. The molecule has 0 spiro atoms. The minimum atomic E-state index is -0.951. The van der Waals surface area contributed by atoms with E-state index >= 15 is 0 Å². The molecule has 0 saturated heterocycles. The summed E-state index contributed by atoms with van der Waals surface area (Å²) in [6.07, 6.45) is 0.914. The van der Waals surface area contributed by atoms with Crippen LogP contribution in [0.5, 0.6) is 5.75 Å². The second-order valence-electron chi connectivity index (χ2n) is 4.91. The summed E-state index contributed by atoms with van der Waals surface area (Å²) in [7, 11) is 5.18. The van der Waals surface area contributed by atoms with Crippen LogP contribution in [0.1, 0.15) is 12.0 Å². The molecule has 0 bridgehead atoms. The van der Waals surface area contributed by atoms with E-state index < -0.39 is 11.2 Å². The average molecular weight is 421 g/mol. The summed E-state index contributed by atoms with van der Waals surface area (Å²) in [5.41, 5.74) is 1.16. The Morgan fingerprint density at radius 1 is 1.04 bits per heavy atom. The van der Waals surface area contributed by atoms with E-state index in [9.17, 15) is 4.55 Å². The molecule has 0 aliphatic heterocycles. The van der Waals surface area contributed by atoms with E-state index in [0.717, 1.165) is 34.1 Å². The highest BCUT2D eigenvalue weighted by Crippen LogP contribution is 2.30. The van der Waals surface area contributed by atoms with Crippen molar-refractivity contribution in [2.75, 3.05) is 18.6 Å². The van der Waals surface area contributed by atoms with Crippen LogP contribution >= 0.6 is 44.8 Å². The van der Waals surface area contributed by atoms with E-state index in [0.29, 0.717) is 15.8 Å². The predicted molar refractivity (Wildman–Crippen MR) is 109 cm³/mol. The quantitative estimate of drug-likeness (QED) is 0.279. The van der Waals surface area contributed by atoms with Gasteiger partial charge in [-0.2, -0.15) is 0 Å². The van der Waals surface area contributed by atoms with Crippen LogP contribution in [-0.4, -0.2) is 23.2 Å². The van der Waals surface area contributed by atoms with Gasteiger partial charge in [0.2, 0.25) is 0 Å². The lowest BCUT2D eigenvalue weighted by molar-refractivity contribution is 0.414. The van der Waals surface area contributed by atoms with E-state index in [1.54, 1.807) is 28.7 Å². The normalized spacial score (nSPS) is 12.2. The van der Waals surface area contributed by atoms with Crippen molar-refractivity contribution in [3.8, 4) is 5.75 Å². The molecule has 24 heavy (non-hydrogen) atoms. The van der Waals surface area contributed by atoms with Crippen LogP contribution < -0.4 is 4.74 Å². The van der Waals surface area contributed by atoms with Gasteiger partial charge >= 0.3 is 0 Å². The smallest absolute Gasteiger partial charge is 0.152 e. The lowest BCUT2D eigenvalue weighted by Gasteiger charge is -2.10. The zero-order chi connectivity index (χ0) is 17.4. The molecule has 7 heteroatoms. The van der Waals surface area contributed by atoms with Crippen molar-refractivity contribution in [2.45, 2.75) is 17.1 Å². The van der Waals surface area contributed by atoms with Gasteiger partial charge in [-0.3, -0.25) is 0 Å². The first-order valence-electron chi connectivity index (χ1n) is 7.31. The molecule has 2 nitrogen and oxygen atoms in total. The zero-order valence-electron chi connectivity index (χ0n) is 13.2. The topological polar surface area (TPSA) is 32.3 Å². The summed E-state index contributed by atoms with van der Waals surface area (Å²) in [5, 5.41) is 1.17.